The van der Waals surface area contributed by atoms with E-state index in [-0.39, 0.29) is 19.0 Å². The maximum absolute atomic E-state index is 13.4. The van der Waals surface area contributed by atoms with Gasteiger partial charge in [0.15, 0.2) is 6.17 Å². The van der Waals surface area contributed by atoms with Crippen LogP contribution in [-0.4, -0.2) is 72.1 Å². The minimum atomic E-state index is -1.12. The molecule has 1 fully saturated rings. The average Bonchev–Trinajstić information content (AvgIpc) is 3.13. The zero-order valence-electron chi connectivity index (χ0n) is 17.9. The van der Waals surface area contributed by atoms with Gasteiger partial charge in [-0.2, -0.15) is 0 Å². The fourth-order valence-corrected chi connectivity index (χ4v) is 3.67. The van der Waals surface area contributed by atoms with Crippen LogP contribution in [-0.2, 0) is 4.79 Å². The Labute approximate surface area is 180 Å². The Morgan fingerprint density at radius 2 is 1.94 bits per heavy atom. The Morgan fingerprint density at radius 1 is 1.23 bits per heavy atom. The van der Waals surface area contributed by atoms with E-state index in [9.17, 15) is 14.4 Å². The lowest BCUT2D eigenvalue weighted by molar-refractivity contribution is -0.132. The molecule has 1 aromatic carbocycles. The molecular formula is C21H27N5O5. The third-order valence-corrected chi connectivity index (χ3v) is 5.15. The van der Waals surface area contributed by atoms with Gasteiger partial charge < -0.3 is 30.1 Å². The van der Waals surface area contributed by atoms with E-state index in [4.69, 9.17) is 15.0 Å². The maximum atomic E-state index is 13.4. The van der Waals surface area contributed by atoms with Crippen LogP contribution in [0.3, 0.4) is 0 Å². The first-order valence-electron chi connectivity index (χ1n) is 10.1. The molecule has 1 aliphatic rings. The molecule has 2 aromatic rings. The van der Waals surface area contributed by atoms with Gasteiger partial charge in [0.2, 0.25) is 0 Å². The molecule has 1 saturated heterocycles. The summed E-state index contributed by atoms with van der Waals surface area (Å²) < 4.78 is 10.3. The minimum Gasteiger partial charge on any atom is -0.497 e. The van der Waals surface area contributed by atoms with Gasteiger partial charge in [-0.1, -0.05) is 11.2 Å². The highest BCUT2D eigenvalue weighted by Gasteiger charge is 2.41. The number of aryl methyl sites for hydroxylation is 2. The summed E-state index contributed by atoms with van der Waals surface area (Å²) in [5.41, 5.74) is 6.62. The van der Waals surface area contributed by atoms with Gasteiger partial charge in [-0.15, -0.1) is 0 Å². The van der Waals surface area contributed by atoms with Gasteiger partial charge in [0, 0.05) is 31.7 Å². The molecule has 3 rings (SSSR count). The molecule has 166 valence electrons. The summed E-state index contributed by atoms with van der Waals surface area (Å²) in [4.78, 5) is 42.6. The zero-order valence-corrected chi connectivity index (χ0v) is 17.9. The fourth-order valence-electron chi connectivity index (χ4n) is 3.67. The van der Waals surface area contributed by atoms with Crippen molar-refractivity contribution in [3.8, 4) is 5.75 Å². The number of benzene rings is 1. The lowest BCUT2D eigenvalue weighted by atomic mass is 10.1. The van der Waals surface area contributed by atoms with Crippen LogP contribution in [0.25, 0.3) is 0 Å². The summed E-state index contributed by atoms with van der Waals surface area (Å²) >= 11 is 0. The minimum absolute atomic E-state index is 0.226. The first-order chi connectivity index (χ1) is 14.9. The van der Waals surface area contributed by atoms with Crippen molar-refractivity contribution in [3.63, 3.8) is 0 Å². The highest BCUT2D eigenvalue weighted by atomic mass is 16.5. The molecule has 0 saturated carbocycles. The van der Waals surface area contributed by atoms with Crippen molar-refractivity contribution in [1.29, 1.82) is 0 Å². The number of ether oxygens (including phenoxy) is 1. The van der Waals surface area contributed by atoms with E-state index in [1.807, 2.05) is 0 Å². The van der Waals surface area contributed by atoms with Crippen LogP contribution < -0.4 is 15.8 Å². The van der Waals surface area contributed by atoms with E-state index in [0.717, 1.165) is 0 Å². The number of nitrogens with zero attached hydrogens (tertiary/aromatic N) is 3. The summed E-state index contributed by atoms with van der Waals surface area (Å²) in [6.45, 7) is 4.40. The third-order valence-electron chi connectivity index (χ3n) is 5.15. The number of methoxy groups -OCH3 is 1. The van der Waals surface area contributed by atoms with Crippen molar-refractivity contribution in [2.75, 3.05) is 33.3 Å². The predicted molar refractivity (Wildman–Crippen MR) is 112 cm³/mol. The Hall–Kier alpha value is -3.40. The molecule has 1 atom stereocenters. The molecule has 0 aliphatic carbocycles. The largest absolute Gasteiger partial charge is 0.497 e. The average molecular weight is 429 g/mol. The van der Waals surface area contributed by atoms with E-state index in [1.165, 1.54) is 16.9 Å². The molecule has 31 heavy (non-hydrogen) atoms. The standard InChI is InChI=1S/C21H27N5O5/c1-13-17(14(2)31-24-13)21(29)26-11-5-10-25(19(26)18(27)23-9-8-22)20(28)15-6-4-7-16(12-15)30-3/h4,6-7,12,19H,5,8-11,22H2,1-3H3,(H,23,27). The Morgan fingerprint density at radius 3 is 2.55 bits per heavy atom. The van der Waals surface area contributed by atoms with Crippen molar-refractivity contribution >= 4 is 17.7 Å². The molecule has 1 unspecified atom stereocenters. The highest BCUT2D eigenvalue weighted by Crippen LogP contribution is 2.24. The van der Waals surface area contributed by atoms with E-state index in [2.05, 4.69) is 10.5 Å². The number of amides is 3. The topological polar surface area (TPSA) is 131 Å². The van der Waals surface area contributed by atoms with Crippen molar-refractivity contribution in [3.05, 3.63) is 46.8 Å². The number of carbonyl (C=O) groups excluding carboxylic acids is 3. The van der Waals surface area contributed by atoms with Crippen LogP contribution in [0, 0.1) is 13.8 Å². The Bertz CT molecular complexity index is 953. The zero-order chi connectivity index (χ0) is 22.5. The molecule has 10 heteroatoms. The van der Waals surface area contributed by atoms with Gasteiger partial charge in [-0.05, 0) is 38.5 Å². The first kappa shape index (κ1) is 22.3. The van der Waals surface area contributed by atoms with E-state index in [1.54, 1.807) is 38.1 Å². The monoisotopic (exact) mass is 429 g/mol. The predicted octanol–water partition coefficient (Wildman–Crippen LogP) is 0.689. The second-order valence-corrected chi connectivity index (χ2v) is 7.24. The number of hydrogen-bond donors (Lipinski definition) is 2. The summed E-state index contributed by atoms with van der Waals surface area (Å²) in [6.07, 6.45) is -0.605. The number of aromatic nitrogens is 1. The number of rotatable bonds is 6. The van der Waals surface area contributed by atoms with E-state index in [0.29, 0.717) is 47.8 Å². The number of nitrogens with one attached hydrogen (secondary N) is 1. The van der Waals surface area contributed by atoms with Gasteiger partial charge in [0.25, 0.3) is 17.7 Å². The molecule has 10 nitrogen and oxygen atoms in total. The first-order valence-corrected chi connectivity index (χ1v) is 10.1. The second-order valence-electron chi connectivity index (χ2n) is 7.24. The van der Waals surface area contributed by atoms with Gasteiger partial charge >= 0.3 is 0 Å². The molecule has 0 spiro atoms. The van der Waals surface area contributed by atoms with Crippen LogP contribution in [0.5, 0.6) is 5.75 Å². The molecule has 1 aromatic heterocycles. The summed E-state index contributed by atoms with van der Waals surface area (Å²) in [6, 6.07) is 6.68. The van der Waals surface area contributed by atoms with Crippen molar-refractivity contribution in [1.82, 2.24) is 20.3 Å². The lowest BCUT2D eigenvalue weighted by Crippen LogP contribution is -2.63. The second kappa shape index (κ2) is 9.61. The molecular weight excluding hydrogens is 402 g/mol. The summed E-state index contributed by atoms with van der Waals surface area (Å²) in [5, 5.41) is 6.54. The van der Waals surface area contributed by atoms with E-state index >= 15 is 0 Å². The van der Waals surface area contributed by atoms with E-state index < -0.39 is 18.0 Å². The quantitative estimate of drug-likeness (QED) is 0.691. The van der Waals surface area contributed by atoms with Crippen LogP contribution in [0.1, 0.15) is 38.6 Å². The fraction of sp³-hybridized carbons (Fsp3) is 0.429. The molecule has 2 heterocycles. The van der Waals surface area contributed by atoms with Crippen LogP contribution in [0.15, 0.2) is 28.8 Å². The normalized spacial score (nSPS) is 16.2. The van der Waals surface area contributed by atoms with Gasteiger partial charge in [0.05, 0.1) is 12.8 Å². The van der Waals surface area contributed by atoms with Crippen molar-refractivity contribution in [2.45, 2.75) is 26.4 Å². The third kappa shape index (κ3) is 4.53. The van der Waals surface area contributed by atoms with Crippen LogP contribution in [0.2, 0.25) is 0 Å². The SMILES string of the molecule is COc1cccc(C(=O)N2CCCN(C(=O)c3c(C)noc3C)C2C(=O)NCCN)c1. The van der Waals surface area contributed by atoms with Crippen molar-refractivity contribution < 1.29 is 23.6 Å². The molecule has 0 radical (unpaired) electrons. The Balaban J connectivity index is 1.98. The van der Waals surface area contributed by atoms with Gasteiger partial charge in [0.1, 0.15) is 17.1 Å². The molecule has 1 aliphatic heterocycles. The Kier molecular flexibility index (Phi) is 6.91. The van der Waals surface area contributed by atoms with Crippen LogP contribution in [0.4, 0.5) is 0 Å². The number of nitrogens with two attached hydrogens (primary N) is 1. The highest BCUT2D eigenvalue weighted by molar-refractivity contribution is 6.02. The molecule has 0 bridgehead atoms. The lowest BCUT2D eigenvalue weighted by Gasteiger charge is -2.42. The van der Waals surface area contributed by atoms with Crippen LogP contribution >= 0.6 is 0 Å². The van der Waals surface area contributed by atoms with Gasteiger partial charge in [-0.3, -0.25) is 14.4 Å². The maximum Gasteiger partial charge on any atom is 0.263 e. The molecule has 3 amide bonds. The molecule has 3 N–H and O–H groups in total. The van der Waals surface area contributed by atoms with Gasteiger partial charge in [-0.25, -0.2) is 0 Å². The summed E-state index contributed by atoms with van der Waals surface area (Å²) in [7, 11) is 1.51. The summed E-state index contributed by atoms with van der Waals surface area (Å²) in [5.74, 6) is -0.368. The smallest absolute Gasteiger partial charge is 0.263 e. The van der Waals surface area contributed by atoms with Crippen molar-refractivity contribution in [2.24, 2.45) is 5.73 Å². The number of hydrogen-bond acceptors (Lipinski definition) is 7. The number of carbonyl (C=O) groups is 3.